The number of hydrogen-bond donors (Lipinski definition) is 2. The Balaban J connectivity index is 1.92. The van der Waals surface area contributed by atoms with Crippen molar-refractivity contribution in [2.45, 2.75) is 32.7 Å². The van der Waals surface area contributed by atoms with Gasteiger partial charge in [-0.15, -0.1) is 21.5 Å². The van der Waals surface area contributed by atoms with Crippen LogP contribution in [0, 0.1) is 0 Å². The van der Waals surface area contributed by atoms with E-state index in [0.29, 0.717) is 18.1 Å². The van der Waals surface area contributed by atoms with Gasteiger partial charge in [0.15, 0.2) is 5.82 Å². The fraction of sp³-hybridized carbons (Fsp3) is 0.357. The lowest BCUT2D eigenvalue weighted by Gasteiger charge is -2.20. The van der Waals surface area contributed by atoms with Gasteiger partial charge in [-0.05, 0) is 44.4 Å². The molecule has 0 spiro atoms. The van der Waals surface area contributed by atoms with Crippen LogP contribution in [0.3, 0.4) is 0 Å². The van der Waals surface area contributed by atoms with E-state index in [9.17, 15) is 4.79 Å². The molecular formula is C14H18N4OS. The normalized spacial score (nSPS) is 11.2. The second-order valence-electron chi connectivity index (χ2n) is 5.48. The molecule has 20 heavy (non-hydrogen) atoms. The summed E-state index contributed by atoms with van der Waals surface area (Å²) < 4.78 is 0. The molecule has 0 bridgehead atoms. The second kappa shape index (κ2) is 6.00. The molecule has 0 saturated carbocycles. The molecule has 5 nitrogen and oxygen atoms in total. The molecule has 0 fully saturated rings. The molecule has 2 rings (SSSR count). The van der Waals surface area contributed by atoms with Crippen molar-refractivity contribution in [2.75, 3.05) is 10.6 Å². The highest BCUT2D eigenvalue weighted by atomic mass is 32.1. The molecule has 0 aliphatic carbocycles. The van der Waals surface area contributed by atoms with Crippen LogP contribution in [0.15, 0.2) is 29.6 Å². The zero-order valence-corrected chi connectivity index (χ0v) is 12.6. The third-order valence-corrected chi connectivity index (χ3v) is 3.23. The minimum atomic E-state index is -0.0849. The maximum Gasteiger partial charge on any atom is 0.230 e. The van der Waals surface area contributed by atoms with Crippen molar-refractivity contribution in [3.8, 4) is 0 Å². The monoisotopic (exact) mass is 290 g/mol. The Morgan fingerprint density at radius 3 is 2.45 bits per heavy atom. The van der Waals surface area contributed by atoms with Crippen molar-refractivity contribution in [1.29, 1.82) is 0 Å². The van der Waals surface area contributed by atoms with Gasteiger partial charge in [-0.3, -0.25) is 4.79 Å². The van der Waals surface area contributed by atoms with Gasteiger partial charge in [0.1, 0.15) is 5.82 Å². The van der Waals surface area contributed by atoms with E-state index in [1.54, 1.807) is 23.5 Å². The standard InChI is InChI=1S/C14H18N4OS/c1-14(2,3)16-12-7-6-11(17-18-12)15-13(19)9-10-5-4-8-20-10/h4-8H,9H2,1-3H3,(H,16,18)(H,15,17,19). The molecule has 2 aromatic rings. The summed E-state index contributed by atoms with van der Waals surface area (Å²) in [5.41, 5.74) is -0.0708. The Kier molecular flexibility index (Phi) is 4.34. The largest absolute Gasteiger partial charge is 0.364 e. The predicted molar refractivity (Wildman–Crippen MR) is 82.1 cm³/mol. The first-order valence-electron chi connectivity index (χ1n) is 6.36. The third kappa shape index (κ3) is 4.62. The molecule has 0 unspecified atom stereocenters. The highest BCUT2D eigenvalue weighted by Crippen LogP contribution is 2.13. The molecule has 0 atom stereocenters. The number of carbonyl (C=O) groups is 1. The Morgan fingerprint density at radius 2 is 1.90 bits per heavy atom. The van der Waals surface area contributed by atoms with Gasteiger partial charge in [0.05, 0.1) is 6.42 Å². The molecule has 0 aromatic carbocycles. The number of rotatable bonds is 4. The lowest BCUT2D eigenvalue weighted by Crippen LogP contribution is -2.27. The van der Waals surface area contributed by atoms with Gasteiger partial charge in [0, 0.05) is 10.4 Å². The van der Waals surface area contributed by atoms with Crippen LogP contribution >= 0.6 is 11.3 Å². The third-order valence-electron chi connectivity index (χ3n) is 2.35. The van der Waals surface area contributed by atoms with Crippen LogP contribution in [0.2, 0.25) is 0 Å². The van der Waals surface area contributed by atoms with E-state index in [1.165, 1.54) is 0 Å². The SMILES string of the molecule is CC(C)(C)Nc1ccc(NC(=O)Cc2cccs2)nn1. The molecule has 0 saturated heterocycles. The summed E-state index contributed by atoms with van der Waals surface area (Å²) in [6.07, 6.45) is 0.362. The first-order chi connectivity index (χ1) is 9.42. The van der Waals surface area contributed by atoms with Gasteiger partial charge in [-0.1, -0.05) is 6.07 Å². The lowest BCUT2D eigenvalue weighted by atomic mass is 10.1. The zero-order valence-electron chi connectivity index (χ0n) is 11.8. The molecule has 106 valence electrons. The summed E-state index contributed by atoms with van der Waals surface area (Å²) in [7, 11) is 0. The van der Waals surface area contributed by atoms with Crippen molar-refractivity contribution >= 4 is 28.9 Å². The number of nitrogens with one attached hydrogen (secondary N) is 2. The van der Waals surface area contributed by atoms with Crippen LogP contribution < -0.4 is 10.6 Å². The van der Waals surface area contributed by atoms with Gasteiger partial charge in [-0.2, -0.15) is 0 Å². The van der Waals surface area contributed by atoms with E-state index >= 15 is 0 Å². The number of nitrogens with zero attached hydrogens (tertiary/aromatic N) is 2. The number of hydrogen-bond acceptors (Lipinski definition) is 5. The zero-order chi connectivity index (χ0) is 14.6. The van der Waals surface area contributed by atoms with Crippen LogP contribution in [0.4, 0.5) is 11.6 Å². The predicted octanol–water partition coefficient (Wildman–Crippen LogP) is 2.93. The lowest BCUT2D eigenvalue weighted by molar-refractivity contribution is -0.115. The van der Waals surface area contributed by atoms with Crippen LogP contribution in [-0.4, -0.2) is 21.6 Å². The molecule has 6 heteroatoms. The highest BCUT2D eigenvalue weighted by molar-refractivity contribution is 7.10. The fourth-order valence-corrected chi connectivity index (χ4v) is 2.31. The van der Waals surface area contributed by atoms with E-state index in [1.807, 2.05) is 38.3 Å². The first-order valence-corrected chi connectivity index (χ1v) is 7.24. The van der Waals surface area contributed by atoms with Crippen molar-refractivity contribution in [3.63, 3.8) is 0 Å². The average molecular weight is 290 g/mol. The molecule has 1 amide bonds. The van der Waals surface area contributed by atoms with Gasteiger partial charge in [-0.25, -0.2) is 0 Å². The molecule has 2 heterocycles. The molecule has 2 N–H and O–H groups in total. The summed E-state index contributed by atoms with van der Waals surface area (Å²) in [6, 6.07) is 7.42. The second-order valence-corrected chi connectivity index (χ2v) is 6.52. The Labute approximate surface area is 122 Å². The van der Waals surface area contributed by atoms with E-state index in [2.05, 4.69) is 20.8 Å². The first kappa shape index (κ1) is 14.5. The Hall–Kier alpha value is -1.95. The van der Waals surface area contributed by atoms with E-state index < -0.39 is 0 Å². The topological polar surface area (TPSA) is 66.9 Å². The van der Waals surface area contributed by atoms with E-state index in [0.717, 1.165) is 4.88 Å². The summed E-state index contributed by atoms with van der Waals surface area (Å²) in [6.45, 7) is 6.14. The summed E-state index contributed by atoms with van der Waals surface area (Å²) in [5.74, 6) is 1.07. The number of carbonyl (C=O) groups excluding carboxylic acids is 1. The van der Waals surface area contributed by atoms with E-state index in [-0.39, 0.29) is 11.4 Å². The van der Waals surface area contributed by atoms with Crippen LogP contribution in [0.25, 0.3) is 0 Å². The highest BCUT2D eigenvalue weighted by Gasteiger charge is 2.11. The maximum absolute atomic E-state index is 11.8. The minimum Gasteiger partial charge on any atom is -0.364 e. The van der Waals surface area contributed by atoms with Crippen molar-refractivity contribution in [1.82, 2.24) is 10.2 Å². The summed E-state index contributed by atoms with van der Waals surface area (Å²) in [4.78, 5) is 12.8. The van der Waals surface area contributed by atoms with Crippen LogP contribution in [0.5, 0.6) is 0 Å². The summed E-state index contributed by atoms with van der Waals surface area (Å²) in [5, 5.41) is 15.9. The molecular weight excluding hydrogens is 272 g/mol. The van der Waals surface area contributed by atoms with Gasteiger partial charge in [0.25, 0.3) is 0 Å². The number of amides is 1. The molecule has 0 aliphatic heterocycles. The van der Waals surface area contributed by atoms with Gasteiger partial charge in [0.2, 0.25) is 5.91 Å². The van der Waals surface area contributed by atoms with Crippen LogP contribution in [0.1, 0.15) is 25.6 Å². The van der Waals surface area contributed by atoms with Crippen molar-refractivity contribution < 1.29 is 4.79 Å². The number of aromatic nitrogens is 2. The Bertz CT molecular complexity index is 558. The van der Waals surface area contributed by atoms with Crippen molar-refractivity contribution in [3.05, 3.63) is 34.5 Å². The quantitative estimate of drug-likeness (QED) is 0.908. The van der Waals surface area contributed by atoms with Crippen LogP contribution in [-0.2, 0) is 11.2 Å². The molecule has 2 aromatic heterocycles. The number of thiophene rings is 1. The van der Waals surface area contributed by atoms with Gasteiger partial charge < -0.3 is 10.6 Å². The smallest absolute Gasteiger partial charge is 0.230 e. The number of anilines is 2. The fourth-order valence-electron chi connectivity index (χ4n) is 1.61. The van der Waals surface area contributed by atoms with E-state index in [4.69, 9.17) is 0 Å². The average Bonchev–Trinajstić information content (AvgIpc) is 2.82. The Morgan fingerprint density at radius 1 is 1.20 bits per heavy atom. The minimum absolute atomic E-state index is 0.0708. The summed E-state index contributed by atoms with van der Waals surface area (Å²) >= 11 is 1.56. The van der Waals surface area contributed by atoms with Crippen molar-refractivity contribution in [2.24, 2.45) is 0 Å². The van der Waals surface area contributed by atoms with Gasteiger partial charge >= 0.3 is 0 Å². The molecule has 0 aliphatic rings. The maximum atomic E-state index is 11.8. The molecule has 0 radical (unpaired) electrons.